The van der Waals surface area contributed by atoms with Gasteiger partial charge in [0.1, 0.15) is 10.8 Å². The van der Waals surface area contributed by atoms with Crippen LogP contribution in [0.25, 0.3) is 0 Å². The van der Waals surface area contributed by atoms with Crippen LogP contribution < -0.4 is 5.32 Å². The number of hydrogen-bond acceptors (Lipinski definition) is 4. The maximum Gasteiger partial charge on any atom is 0.275 e. The van der Waals surface area contributed by atoms with Crippen molar-refractivity contribution in [2.75, 3.05) is 19.4 Å². The smallest absolute Gasteiger partial charge is 0.275 e. The Morgan fingerprint density at radius 2 is 1.83 bits per heavy atom. The zero-order valence-electron chi connectivity index (χ0n) is 13.2. The Morgan fingerprint density at radius 3 is 2.46 bits per heavy atom. The van der Waals surface area contributed by atoms with Crippen LogP contribution in [0.5, 0.6) is 0 Å². The van der Waals surface area contributed by atoms with Gasteiger partial charge in [0.05, 0.1) is 9.92 Å². The van der Waals surface area contributed by atoms with Crippen molar-refractivity contribution in [2.45, 2.75) is 11.8 Å². The summed E-state index contributed by atoms with van der Waals surface area (Å²) in [6.07, 6.45) is 0. The van der Waals surface area contributed by atoms with Gasteiger partial charge < -0.3 is 5.32 Å². The third-order valence-corrected chi connectivity index (χ3v) is 5.59. The Balaban J connectivity index is 2.39. The van der Waals surface area contributed by atoms with Crippen LogP contribution in [0.3, 0.4) is 0 Å². The van der Waals surface area contributed by atoms with E-state index in [0.29, 0.717) is 11.3 Å². The average Bonchev–Trinajstić information content (AvgIpc) is 2.51. The molecule has 0 aliphatic heterocycles. The zero-order valence-corrected chi connectivity index (χ0v) is 15.5. The van der Waals surface area contributed by atoms with E-state index in [1.807, 2.05) is 0 Å². The lowest BCUT2D eigenvalue weighted by Crippen LogP contribution is -2.22. The molecule has 9 heteroatoms. The molecule has 1 aromatic heterocycles. The first-order valence-corrected chi connectivity index (χ1v) is 8.99. The number of carbonyl (C=O) groups excluding carboxylic acids is 1. The predicted octanol–water partition coefficient (Wildman–Crippen LogP) is 3.20. The van der Waals surface area contributed by atoms with Gasteiger partial charge in [0.25, 0.3) is 5.91 Å². The first-order valence-electron chi connectivity index (χ1n) is 6.79. The van der Waals surface area contributed by atoms with Crippen LogP contribution in [0.4, 0.5) is 5.69 Å². The average molecular weight is 388 g/mol. The van der Waals surface area contributed by atoms with E-state index in [0.717, 1.165) is 4.31 Å². The molecule has 2 rings (SSSR count). The van der Waals surface area contributed by atoms with Crippen LogP contribution in [0.15, 0.2) is 35.2 Å². The molecular formula is C15H15Cl2N3O3S. The van der Waals surface area contributed by atoms with Crippen molar-refractivity contribution in [3.63, 3.8) is 0 Å². The maximum absolute atomic E-state index is 12.4. The maximum atomic E-state index is 12.4. The number of anilines is 1. The van der Waals surface area contributed by atoms with Crippen molar-refractivity contribution < 1.29 is 13.2 Å². The third-order valence-electron chi connectivity index (χ3n) is 3.26. The molecule has 0 fully saturated rings. The number of hydrogen-bond donors (Lipinski definition) is 1. The van der Waals surface area contributed by atoms with Gasteiger partial charge >= 0.3 is 0 Å². The fraction of sp³-hybridized carbons (Fsp3) is 0.200. The number of aryl methyl sites for hydroxylation is 1. The zero-order chi connectivity index (χ0) is 18.1. The summed E-state index contributed by atoms with van der Waals surface area (Å²) < 4.78 is 25.5. The van der Waals surface area contributed by atoms with Crippen LogP contribution in [0.2, 0.25) is 10.2 Å². The van der Waals surface area contributed by atoms with E-state index in [1.165, 1.54) is 38.4 Å². The summed E-state index contributed by atoms with van der Waals surface area (Å²) in [7, 11) is -0.745. The van der Waals surface area contributed by atoms with Crippen LogP contribution in [-0.4, -0.2) is 37.7 Å². The van der Waals surface area contributed by atoms with E-state index in [9.17, 15) is 13.2 Å². The lowest BCUT2D eigenvalue weighted by atomic mass is 10.2. The van der Waals surface area contributed by atoms with Crippen LogP contribution >= 0.6 is 23.2 Å². The quantitative estimate of drug-likeness (QED) is 0.816. The molecule has 0 aliphatic rings. The summed E-state index contributed by atoms with van der Waals surface area (Å²) in [5.74, 6) is -0.579. The Bertz CT molecular complexity index is 899. The minimum Gasteiger partial charge on any atom is -0.320 e. The summed E-state index contributed by atoms with van der Waals surface area (Å²) in [6.45, 7) is 1.74. The Hall–Kier alpha value is -1.67. The first kappa shape index (κ1) is 18.7. The SMILES string of the molecule is Cc1ccc(S(=O)(=O)N(C)C)cc1NC(=O)c1nc(Cl)ccc1Cl. The molecular weight excluding hydrogens is 373 g/mol. The lowest BCUT2D eigenvalue weighted by molar-refractivity contribution is 0.102. The van der Waals surface area contributed by atoms with Gasteiger partial charge in [0.15, 0.2) is 0 Å². The van der Waals surface area contributed by atoms with E-state index in [2.05, 4.69) is 10.3 Å². The van der Waals surface area contributed by atoms with Gasteiger partial charge in [-0.15, -0.1) is 0 Å². The van der Waals surface area contributed by atoms with Crippen molar-refractivity contribution in [3.8, 4) is 0 Å². The number of carbonyl (C=O) groups is 1. The van der Waals surface area contributed by atoms with Gasteiger partial charge in [-0.05, 0) is 36.8 Å². The van der Waals surface area contributed by atoms with E-state index in [-0.39, 0.29) is 20.8 Å². The van der Waals surface area contributed by atoms with Gasteiger partial charge in [-0.3, -0.25) is 4.79 Å². The molecule has 0 saturated heterocycles. The van der Waals surface area contributed by atoms with Crippen molar-refractivity contribution in [1.29, 1.82) is 0 Å². The van der Waals surface area contributed by atoms with Crippen molar-refractivity contribution in [2.24, 2.45) is 0 Å². The van der Waals surface area contributed by atoms with E-state index >= 15 is 0 Å². The highest BCUT2D eigenvalue weighted by Gasteiger charge is 2.20. The number of nitrogens with zero attached hydrogens (tertiary/aromatic N) is 2. The highest BCUT2D eigenvalue weighted by atomic mass is 35.5. The normalized spacial score (nSPS) is 11.6. The number of pyridine rings is 1. The Morgan fingerprint density at radius 1 is 1.17 bits per heavy atom. The molecule has 1 aromatic carbocycles. The minimum atomic E-state index is -3.61. The molecule has 24 heavy (non-hydrogen) atoms. The molecule has 2 aromatic rings. The monoisotopic (exact) mass is 387 g/mol. The molecule has 0 saturated carbocycles. The highest BCUT2D eigenvalue weighted by Crippen LogP contribution is 2.24. The number of halogens is 2. The summed E-state index contributed by atoms with van der Waals surface area (Å²) in [6, 6.07) is 7.41. The third kappa shape index (κ3) is 3.87. The van der Waals surface area contributed by atoms with Crippen molar-refractivity contribution in [3.05, 3.63) is 51.8 Å². The molecule has 0 radical (unpaired) electrons. The van der Waals surface area contributed by atoms with Crippen LogP contribution in [0, 0.1) is 6.92 Å². The van der Waals surface area contributed by atoms with Gasteiger partial charge in [0, 0.05) is 19.8 Å². The molecule has 1 amide bonds. The summed E-state index contributed by atoms with van der Waals surface area (Å²) >= 11 is 11.7. The van der Waals surface area contributed by atoms with Crippen molar-refractivity contribution >= 4 is 44.8 Å². The predicted molar refractivity (Wildman–Crippen MR) is 94.3 cm³/mol. The highest BCUT2D eigenvalue weighted by molar-refractivity contribution is 7.89. The topological polar surface area (TPSA) is 79.4 Å². The molecule has 0 unspecified atom stereocenters. The molecule has 0 bridgehead atoms. The molecule has 1 N–H and O–H groups in total. The second-order valence-electron chi connectivity index (χ2n) is 5.18. The second-order valence-corrected chi connectivity index (χ2v) is 8.13. The summed E-state index contributed by atoms with van der Waals surface area (Å²) in [5, 5.41) is 2.89. The molecule has 6 nitrogen and oxygen atoms in total. The molecule has 1 heterocycles. The standard InChI is InChI=1S/C15H15Cl2N3O3S/c1-9-4-5-10(24(22,23)20(2)3)8-12(9)18-15(21)14-11(16)6-7-13(17)19-14/h4-8H,1-3H3,(H,18,21). The molecule has 0 atom stereocenters. The Labute approximate surface area is 150 Å². The number of sulfonamides is 1. The number of rotatable bonds is 4. The van der Waals surface area contributed by atoms with Gasteiger partial charge in [-0.1, -0.05) is 29.3 Å². The lowest BCUT2D eigenvalue weighted by Gasteiger charge is -2.14. The summed E-state index contributed by atoms with van der Waals surface area (Å²) in [4.78, 5) is 16.3. The van der Waals surface area contributed by atoms with E-state index < -0.39 is 15.9 Å². The first-order chi connectivity index (χ1) is 11.1. The second kappa shape index (κ2) is 7.06. The number of aromatic nitrogens is 1. The number of amides is 1. The largest absolute Gasteiger partial charge is 0.320 e. The molecule has 128 valence electrons. The molecule has 0 aliphatic carbocycles. The van der Waals surface area contributed by atoms with Crippen molar-refractivity contribution in [1.82, 2.24) is 9.29 Å². The van der Waals surface area contributed by atoms with Crippen LogP contribution in [0.1, 0.15) is 16.1 Å². The number of benzene rings is 1. The Kier molecular flexibility index (Phi) is 5.49. The van der Waals surface area contributed by atoms with E-state index in [4.69, 9.17) is 23.2 Å². The minimum absolute atomic E-state index is 0.0376. The van der Waals surface area contributed by atoms with Gasteiger partial charge in [-0.2, -0.15) is 0 Å². The summed E-state index contributed by atoms with van der Waals surface area (Å²) in [5.41, 5.74) is 1.00. The fourth-order valence-corrected chi connectivity index (χ4v) is 3.13. The van der Waals surface area contributed by atoms with Crippen LogP contribution in [-0.2, 0) is 10.0 Å². The fourth-order valence-electron chi connectivity index (χ4n) is 1.87. The van der Waals surface area contributed by atoms with Gasteiger partial charge in [-0.25, -0.2) is 17.7 Å². The number of nitrogens with one attached hydrogen (secondary N) is 1. The van der Waals surface area contributed by atoms with E-state index in [1.54, 1.807) is 13.0 Å². The van der Waals surface area contributed by atoms with Gasteiger partial charge in [0.2, 0.25) is 10.0 Å². The molecule has 0 spiro atoms.